The maximum absolute atomic E-state index is 5.87. The van der Waals surface area contributed by atoms with Crippen molar-refractivity contribution in [3.05, 3.63) is 0 Å². The Morgan fingerprint density at radius 1 is 1.45 bits per heavy atom. The molecule has 0 aromatic heterocycles. The number of nitrogens with two attached hydrogens (primary N) is 1. The average Bonchev–Trinajstić information content (AvgIpc) is 1.85. The zero-order chi connectivity index (χ0) is 8.43. The molecule has 1 rings (SSSR count). The molecule has 0 radical (unpaired) electrons. The molecule has 4 atom stereocenters. The summed E-state index contributed by atoms with van der Waals surface area (Å²) in [6.07, 6.45) is 1.35. The third-order valence-electron chi connectivity index (χ3n) is 2.21. The molecule has 1 unspecified atom stereocenters. The summed E-state index contributed by atoms with van der Waals surface area (Å²) in [5.41, 5.74) is 5.87. The highest BCUT2D eigenvalue weighted by atomic mass is 16.5. The van der Waals surface area contributed by atoms with Crippen molar-refractivity contribution in [3.63, 3.8) is 0 Å². The zero-order valence-corrected chi connectivity index (χ0v) is 7.41. The van der Waals surface area contributed by atoms with Gasteiger partial charge in [-0.2, -0.15) is 0 Å². The quantitative estimate of drug-likeness (QED) is 0.607. The number of hydrogen-bond acceptors (Lipinski definition) is 3. The van der Waals surface area contributed by atoms with Crippen LogP contribution in [-0.2, 0) is 9.47 Å². The van der Waals surface area contributed by atoms with E-state index in [9.17, 15) is 0 Å². The molecule has 3 heteroatoms. The zero-order valence-electron chi connectivity index (χ0n) is 7.41. The van der Waals surface area contributed by atoms with Crippen molar-refractivity contribution in [1.82, 2.24) is 0 Å². The molecule has 0 aliphatic carbocycles. The fourth-order valence-corrected chi connectivity index (χ4v) is 1.73. The van der Waals surface area contributed by atoms with Crippen LogP contribution in [0.3, 0.4) is 0 Å². The van der Waals surface area contributed by atoms with Crippen molar-refractivity contribution in [3.8, 4) is 0 Å². The standard InChI is InChI=1S/C8H17NO2/c1-5-4-7(9)8(10-3)6(2)11-5/h5-8H,4,9H2,1-3H3/t5-,6-,7?,8-/m0/s1. The van der Waals surface area contributed by atoms with Crippen LogP contribution < -0.4 is 5.73 Å². The van der Waals surface area contributed by atoms with E-state index in [1.807, 2.05) is 13.8 Å². The van der Waals surface area contributed by atoms with Crippen molar-refractivity contribution in [1.29, 1.82) is 0 Å². The fraction of sp³-hybridized carbons (Fsp3) is 1.00. The van der Waals surface area contributed by atoms with Crippen molar-refractivity contribution >= 4 is 0 Å². The van der Waals surface area contributed by atoms with Crippen molar-refractivity contribution in [2.45, 2.75) is 44.6 Å². The second kappa shape index (κ2) is 3.52. The van der Waals surface area contributed by atoms with Crippen molar-refractivity contribution in [2.24, 2.45) is 5.73 Å². The molecule has 66 valence electrons. The first kappa shape index (κ1) is 8.97. The normalized spacial score (nSPS) is 45.8. The highest BCUT2D eigenvalue weighted by molar-refractivity contribution is 4.85. The Morgan fingerprint density at radius 2 is 2.09 bits per heavy atom. The smallest absolute Gasteiger partial charge is 0.0981 e. The third-order valence-corrected chi connectivity index (χ3v) is 2.21. The molecule has 3 nitrogen and oxygen atoms in total. The van der Waals surface area contributed by atoms with Crippen LogP contribution in [0.1, 0.15) is 20.3 Å². The maximum Gasteiger partial charge on any atom is 0.0981 e. The van der Waals surface area contributed by atoms with Gasteiger partial charge in [0.1, 0.15) is 0 Å². The van der Waals surface area contributed by atoms with E-state index >= 15 is 0 Å². The minimum Gasteiger partial charge on any atom is -0.377 e. The molecule has 2 N–H and O–H groups in total. The van der Waals surface area contributed by atoms with Gasteiger partial charge in [0.05, 0.1) is 18.3 Å². The average molecular weight is 159 g/mol. The molecule has 1 heterocycles. The summed E-state index contributed by atoms with van der Waals surface area (Å²) in [6, 6.07) is 0.124. The van der Waals surface area contributed by atoms with Crippen LogP contribution in [0.25, 0.3) is 0 Å². The van der Waals surface area contributed by atoms with E-state index in [4.69, 9.17) is 15.2 Å². The first-order valence-corrected chi connectivity index (χ1v) is 4.09. The highest BCUT2D eigenvalue weighted by Crippen LogP contribution is 2.20. The van der Waals surface area contributed by atoms with Crippen LogP contribution in [0.2, 0.25) is 0 Å². The van der Waals surface area contributed by atoms with Crippen LogP contribution in [-0.4, -0.2) is 31.5 Å². The molecule has 1 aliphatic rings. The van der Waals surface area contributed by atoms with Gasteiger partial charge in [-0.25, -0.2) is 0 Å². The lowest BCUT2D eigenvalue weighted by Crippen LogP contribution is -2.51. The van der Waals surface area contributed by atoms with E-state index in [1.54, 1.807) is 7.11 Å². The van der Waals surface area contributed by atoms with E-state index in [-0.39, 0.29) is 24.4 Å². The first-order chi connectivity index (χ1) is 5.15. The Morgan fingerprint density at radius 3 is 2.55 bits per heavy atom. The van der Waals surface area contributed by atoms with Gasteiger partial charge < -0.3 is 15.2 Å². The summed E-state index contributed by atoms with van der Waals surface area (Å²) in [4.78, 5) is 0. The number of hydrogen-bond donors (Lipinski definition) is 1. The molecule has 1 aliphatic heterocycles. The van der Waals surface area contributed by atoms with Gasteiger partial charge in [0.25, 0.3) is 0 Å². The lowest BCUT2D eigenvalue weighted by Gasteiger charge is -2.36. The number of methoxy groups -OCH3 is 1. The Kier molecular flexibility index (Phi) is 2.87. The Labute approximate surface area is 67.9 Å². The van der Waals surface area contributed by atoms with Gasteiger partial charge in [-0.15, -0.1) is 0 Å². The van der Waals surface area contributed by atoms with Crippen LogP contribution in [0.4, 0.5) is 0 Å². The Balaban J connectivity index is 2.52. The minimum absolute atomic E-state index is 0.0613. The van der Waals surface area contributed by atoms with Crippen LogP contribution in [0, 0.1) is 0 Å². The van der Waals surface area contributed by atoms with Crippen molar-refractivity contribution in [2.75, 3.05) is 7.11 Å². The summed E-state index contributed by atoms with van der Waals surface area (Å²) < 4.78 is 10.8. The third kappa shape index (κ3) is 1.92. The monoisotopic (exact) mass is 159 g/mol. The van der Waals surface area contributed by atoms with E-state index in [2.05, 4.69) is 0 Å². The maximum atomic E-state index is 5.87. The van der Waals surface area contributed by atoms with Crippen molar-refractivity contribution < 1.29 is 9.47 Å². The predicted molar refractivity (Wildman–Crippen MR) is 43.4 cm³/mol. The minimum atomic E-state index is 0.0613. The van der Waals surface area contributed by atoms with Crippen LogP contribution in [0.15, 0.2) is 0 Å². The van der Waals surface area contributed by atoms with Gasteiger partial charge in [0, 0.05) is 13.2 Å². The summed E-state index contributed by atoms with van der Waals surface area (Å²) in [5, 5.41) is 0. The number of rotatable bonds is 1. The van der Waals surface area contributed by atoms with Gasteiger partial charge in [-0.05, 0) is 20.3 Å². The lowest BCUT2D eigenvalue weighted by molar-refractivity contribution is -0.123. The summed E-state index contributed by atoms with van der Waals surface area (Å²) >= 11 is 0. The summed E-state index contributed by atoms with van der Waals surface area (Å²) in [6.45, 7) is 4.05. The number of ether oxygens (including phenoxy) is 2. The van der Waals surface area contributed by atoms with E-state index in [0.717, 1.165) is 6.42 Å². The SMILES string of the molecule is CO[C@@H]1C(N)C[C@H](C)O[C@H]1C. The molecule has 0 amide bonds. The molecule has 1 fully saturated rings. The fourth-order valence-electron chi connectivity index (χ4n) is 1.73. The molecular weight excluding hydrogens is 142 g/mol. The molecule has 0 spiro atoms. The molecule has 11 heavy (non-hydrogen) atoms. The molecule has 0 bridgehead atoms. The van der Waals surface area contributed by atoms with Gasteiger partial charge >= 0.3 is 0 Å². The molecule has 1 saturated heterocycles. The van der Waals surface area contributed by atoms with Gasteiger partial charge in [-0.1, -0.05) is 0 Å². The molecule has 0 saturated carbocycles. The van der Waals surface area contributed by atoms with E-state index < -0.39 is 0 Å². The molecule has 0 aromatic rings. The molecular formula is C8H17NO2. The molecule has 0 aromatic carbocycles. The van der Waals surface area contributed by atoms with Crippen LogP contribution in [0.5, 0.6) is 0 Å². The largest absolute Gasteiger partial charge is 0.377 e. The summed E-state index contributed by atoms with van der Waals surface area (Å²) in [7, 11) is 1.68. The summed E-state index contributed by atoms with van der Waals surface area (Å²) in [5.74, 6) is 0. The highest BCUT2D eigenvalue weighted by Gasteiger charge is 2.32. The van der Waals surface area contributed by atoms with Gasteiger partial charge in [0.15, 0.2) is 0 Å². The van der Waals surface area contributed by atoms with E-state index in [1.165, 1.54) is 0 Å². The van der Waals surface area contributed by atoms with E-state index in [0.29, 0.717) is 0 Å². The lowest BCUT2D eigenvalue weighted by atomic mass is 9.97. The Bertz CT molecular complexity index is 117. The Hall–Kier alpha value is -0.120. The second-order valence-corrected chi connectivity index (χ2v) is 3.25. The topological polar surface area (TPSA) is 44.5 Å². The van der Waals surface area contributed by atoms with Gasteiger partial charge in [0.2, 0.25) is 0 Å². The predicted octanol–water partition coefficient (Wildman–Crippen LogP) is 0.526. The first-order valence-electron chi connectivity index (χ1n) is 4.09. The van der Waals surface area contributed by atoms with Gasteiger partial charge in [-0.3, -0.25) is 0 Å². The van der Waals surface area contributed by atoms with Crippen LogP contribution >= 0.6 is 0 Å². The second-order valence-electron chi connectivity index (χ2n) is 3.25.